The van der Waals surface area contributed by atoms with Crippen molar-refractivity contribution in [2.24, 2.45) is 5.73 Å². The van der Waals surface area contributed by atoms with Gasteiger partial charge in [0.25, 0.3) is 10.0 Å². The Hall–Kier alpha value is -4.02. The summed E-state index contributed by atoms with van der Waals surface area (Å²) in [6, 6.07) is 24.5. The zero-order chi connectivity index (χ0) is 24.0. The Morgan fingerprint density at radius 1 is 1.03 bits per heavy atom. The van der Waals surface area contributed by atoms with Crippen molar-refractivity contribution in [2.75, 3.05) is 4.31 Å². The van der Waals surface area contributed by atoms with Crippen molar-refractivity contribution in [1.82, 2.24) is 0 Å². The summed E-state index contributed by atoms with van der Waals surface area (Å²) in [5, 5.41) is 9.96. The van der Waals surface area contributed by atoms with E-state index in [1.807, 2.05) is 74.5 Å². The molecule has 7 heteroatoms. The number of rotatable bonds is 3. The monoisotopic (exact) mass is 469 g/mol. The molecule has 2 N–H and O–H groups in total. The molecule has 170 valence electrons. The SMILES string of the molecule is Cc1cccc([C@@H]2C(C#N)=C(N)OC3=C2S(=O)(=O)N(Cc2ccccc2C)c2ccccc23)c1. The Balaban J connectivity index is 1.78. The summed E-state index contributed by atoms with van der Waals surface area (Å²) in [7, 11) is -4.08. The first kappa shape index (κ1) is 21.8. The molecule has 0 aromatic heterocycles. The molecule has 0 bridgehead atoms. The van der Waals surface area contributed by atoms with Crippen LogP contribution >= 0.6 is 0 Å². The van der Waals surface area contributed by atoms with Gasteiger partial charge in [-0.05, 0) is 42.7 Å². The van der Waals surface area contributed by atoms with Gasteiger partial charge in [-0.25, -0.2) is 8.42 Å². The summed E-state index contributed by atoms with van der Waals surface area (Å²) in [4.78, 5) is 0.0381. The smallest absolute Gasteiger partial charge is 0.265 e. The van der Waals surface area contributed by atoms with Crippen LogP contribution in [0.4, 0.5) is 5.69 Å². The van der Waals surface area contributed by atoms with E-state index in [9.17, 15) is 13.7 Å². The zero-order valence-electron chi connectivity index (χ0n) is 18.8. The fraction of sp³-hybridized carbons (Fsp3) is 0.148. The first-order valence-corrected chi connectivity index (χ1v) is 12.3. The molecule has 3 aromatic rings. The van der Waals surface area contributed by atoms with E-state index in [1.165, 1.54) is 4.31 Å². The summed E-state index contributed by atoms with van der Waals surface area (Å²) in [5.74, 6) is -0.767. The van der Waals surface area contributed by atoms with Crippen molar-refractivity contribution in [3.63, 3.8) is 0 Å². The van der Waals surface area contributed by atoms with E-state index in [2.05, 4.69) is 6.07 Å². The molecule has 6 nitrogen and oxygen atoms in total. The second-order valence-electron chi connectivity index (χ2n) is 8.49. The molecule has 0 fully saturated rings. The quantitative estimate of drug-likeness (QED) is 0.593. The lowest BCUT2D eigenvalue weighted by Crippen LogP contribution is -2.39. The van der Waals surface area contributed by atoms with Gasteiger partial charge in [-0.3, -0.25) is 4.31 Å². The van der Waals surface area contributed by atoms with E-state index in [1.54, 1.807) is 12.1 Å². The van der Waals surface area contributed by atoms with Gasteiger partial charge in [-0.15, -0.1) is 0 Å². The van der Waals surface area contributed by atoms with Crippen LogP contribution in [0.1, 0.15) is 33.7 Å². The minimum Gasteiger partial charge on any atom is -0.439 e. The third-order valence-electron chi connectivity index (χ3n) is 6.31. The number of aryl methyl sites for hydroxylation is 2. The zero-order valence-corrected chi connectivity index (χ0v) is 19.6. The van der Waals surface area contributed by atoms with Crippen LogP contribution in [0.2, 0.25) is 0 Å². The first-order chi connectivity index (χ1) is 16.3. The standard InChI is InChI=1S/C27H23N3O3S/c1-17-8-7-11-19(14-17)24-22(15-28)27(29)33-25-21-12-5-6-13-23(21)30(34(31,32)26(24)25)16-20-10-4-3-9-18(20)2/h3-14,24H,16,29H2,1-2H3/t24-/m1/s1. The fourth-order valence-corrected chi connectivity index (χ4v) is 6.51. The molecule has 2 aliphatic heterocycles. The minimum atomic E-state index is -4.08. The first-order valence-electron chi connectivity index (χ1n) is 10.9. The van der Waals surface area contributed by atoms with Gasteiger partial charge in [0.05, 0.1) is 18.2 Å². The maximum absolute atomic E-state index is 14.3. The highest BCUT2D eigenvalue weighted by Gasteiger charge is 2.47. The molecule has 5 rings (SSSR count). The minimum absolute atomic E-state index is 0.0381. The second kappa shape index (κ2) is 8.08. The third-order valence-corrected chi connectivity index (χ3v) is 8.19. The predicted octanol–water partition coefficient (Wildman–Crippen LogP) is 4.83. The average Bonchev–Trinajstić information content (AvgIpc) is 2.82. The van der Waals surface area contributed by atoms with Crippen molar-refractivity contribution in [3.8, 4) is 6.07 Å². The van der Waals surface area contributed by atoms with E-state index >= 15 is 0 Å². The molecule has 3 aromatic carbocycles. The summed E-state index contributed by atoms with van der Waals surface area (Å²) in [5.41, 5.74) is 10.9. The van der Waals surface area contributed by atoms with Crippen molar-refractivity contribution in [2.45, 2.75) is 26.3 Å². The number of benzene rings is 3. The van der Waals surface area contributed by atoms with Crippen molar-refractivity contribution < 1.29 is 13.2 Å². The molecule has 0 radical (unpaired) electrons. The van der Waals surface area contributed by atoms with Gasteiger partial charge < -0.3 is 10.5 Å². The van der Waals surface area contributed by atoms with E-state index in [-0.39, 0.29) is 28.7 Å². The molecule has 0 saturated carbocycles. The molecule has 0 amide bonds. The average molecular weight is 470 g/mol. The summed E-state index contributed by atoms with van der Waals surface area (Å²) in [6.45, 7) is 4.04. The van der Waals surface area contributed by atoms with Crippen LogP contribution in [0.5, 0.6) is 0 Å². The van der Waals surface area contributed by atoms with Gasteiger partial charge in [-0.2, -0.15) is 5.26 Å². The number of nitriles is 1. The molecule has 0 unspecified atom stereocenters. The molecular formula is C27H23N3O3S. The Morgan fingerprint density at radius 3 is 2.50 bits per heavy atom. The maximum atomic E-state index is 14.3. The van der Waals surface area contributed by atoms with Gasteiger partial charge in [0.15, 0.2) is 5.76 Å². The third kappa shape index (κ3) is 3.35. The van der Waals surface area contributed by atoms with Crippen molar-refractivity contribution >= 4 is 21.5 Å². The predicted molar refractivity (Wildman–Crippen MR) is 131 cm³/mol. The van der Waals surface area contributed by atoms with Gasteiger partial charge in [0.1, 0.15) is 16.5 Å². The van der Waals surface area contributed by atoms with Crippen LogP contribution in [0.25, 0.3) is 5.76 Å². The lowest BCUT2D eigenvalue weighted by atomic mass is 9.87. The topological polar surface area (TPSA) is 96.4 Å². The Bertz CT molecular complexity index is 1530. The highest BCUT2D eigenvalue weighted by atomic mass is 32.2. The summed E-state index contributed by atoms with van der Waals surface area (Å²) < 4.78 is 35.8. The molecule has 0 aliphatic carbocycles. The van der Waals surface area contributed by atoms with Crippen LogP contribution in [0.15, 0.2) is 89.2 Å². The van der Waals surface area contributed by atoms with E-state index in [0.29, 0.717) is 16.8 Å². The van der Waals surface area contributed by atoms with Crippen LogP contribution < -0.4 is 10.0 Å². The Morgan fingerprint density at radius 2 is 1.76 bits per heavy atom. The lowest BCUT2D eigenvalue weighted by Gasteiger charge is -2.38. The number of hydrogen-bond donors (Lipinski definition) is 1. The largest absolute Gasteiger partial charge is 0.439 e. The van der Waals surface area contributed by atoms with E-state index in [0.717, 1.165) is 16.7 Å². The molecule has 34 heavy (non-hydrogen) atoms. The number of allylic oxidation sites excluding steroid dienone is 2. The lowest BCUT2D eigenvalue weighted by molar-refractivity contribution is 0.357. The van der Waals surface area contributed by atoms with Crippen molar-refractivity contribution in [3.05, 3.63) is 117 Å². The number of nitrogens with two attached hydrogens (primary N) is 1. The maximum Gasteiger partial charge on any atom is 0.265 e. The molecule has 1 atom stereocenters. The number of para-hydroxylation sites is 1. The normalized spacial score (nSPS) is 18.6. The number of anilines is 1. The van der Waals surface area contributed by atoms with E-state index < -0.39 is 15.9 Å². The summed E-state index contributed by atoms with van der Waals surface area (Å²) >= 11 is 0. The van der Waals surface area contributed by atoms with Crippen molar-refractivity contribution in [1.29, 1.82) is 5.26 Å². The van der Waals surface area contributed by atoms with Gasteiger partial charge in [-0.1, -0.05) is 66.2 Å². The summed E-state index contributed by atoms with van der Waals surface area (Å²) in [6.07, 6.45) is 0. The highest BCUT2D eigenvalue weighted by molar-refractivity contribution is 7.96. The van der Waals surface area contributed by atoms with Crippen LogP contribution in [0.3, 0.4) is 0 Å². The number of nitrogens with zero attached hydrogens (tertiary/aromatic N) is 2. The number of sulfonamides is 1. The highest BCUT2D eigenvalue weighted by Crippen LogP contribution is 2.51. The fourth-order valence-electron chi connectivity index (χ4n) is 4.60. The molecule has 2 heterocycles. The van der Waals surface area contributed by atoms with Gasteiger partial charge in [0, 0.05) is 5.56 Å². The van der Waals surface area contributed by atoms with E-state index in [4.69, 9.17) is 10.5 Å². The second-order valence-corrected chi connectivity index (χ2v) is 10.3. The number of ether oxygens (including phenoxy) is 1. The molecule has 0 saturated heterocycles. The van der Waals surface area contributed by atoms with Crippen LogP contribution in [-0.4, -0.2) is 8.42 Å². The van der Waals surface area contributed by atoms with Crippen LogP contribution in [-0.2, 0) is 21.3 Å². The van der Waals surface area contributed by atoms with Crippen LogP contribution in [0, 0.1) is 25.2 Å². The molecular weight excluding hydrogens is 446 g/mol. The number of fused-ring (bicyclic) bond motifs is 2. The molecule has 0 spiro atoms. The van der Waals surface area contributed by atoms with Gasteiger partial charge in [0.2, 0.25) is 5.88 Å². The van der Waals surface area contributed by atoms with Gasteiger partial charge >= 0.3 is 0 Å². The Kier molecular flexibility index (Phi) is 5.18. The Labute approximate surface area is 199 Å². The number of hydrogen-bond acceptors (Lipinski definition) is 5. The molecule has 2 aliphatic rings.